The summed E-state index contributed by atoms with van der Waals surface area (Å²) in [5, 5.41) is 61.0. The number of rotatable bonds is 22. The van der Waals surface area contributed by atoms with Crippen LogP contribution < -0.4 is 43.8 Å². The summed E-state index contributed by atoms with van der Waals surface area (Å²) < 4.78 is 0. The molecule has 22 heteroatoms. The Morgan fingerprint density at radius 3 is 1.81 bits per heavy atom. The van der Waals surface area contributed by atoms with Crippen LogP contribution in [-0.4, -0.2) is 158 Å². The minimum Gasteiger partial charge on any atom is -0.480 e. The van der Waals surface area contributed by atoms with E-state index in [9.17, 15) is 59.1 Å². The van der Waals surface area contributed by atoms with E-state index < -0.39 is 109 Å². The molecule has 0 radical (unpaired) electrons. The Kier molecular flexibility index (Phi) is 19.8. The maximum Gasteiger partial charge on any atom is 0.328 e. The van der Waals surface area contributed by atoms with E-state index in [0.717, 1.165) is 11.8 Å². The number of likely N-dealkylation sites (tertiary alicyclic amines) is 1. The minimum absolute atomic E-state index is 0.0246. The Labute approximate surface area is 313 Å². The highest BCUT2D eigenvalue weighted by Gasteiger charge is 2.40. The van der Waals surface area contributed by atoms with E-state index in [-0.39, 0.29) is 50.7 Å². The average molecular weight is 775 g/mol. The molecule has 0 bridgehead atoms. The number of carboxylic acids is 1. The van der Waals surface area contributed by atoms with Crippen molar-refractivity contribution in [2.24, 2.45) is 28.1 Å². The largest absolute Gasteiger partial charge is 0.480 e. The molecule has 6 amide bonds. The summed E-state index contributed by atoms with van der Waals surface area (Å²) in [6.07, 6.45) is -3.61. The van der Waals surface area contributed by atoms with Crippen LogP contribution in [0.15, 0.2) is 4.99 Å². The van der Waals surface area contributed by atoms with Gasteiger partial charge in [0.1, 0.15) is 36.3 Å². The molecule has 1 fully saturated rings. The molecule has 1 rings (SSSR count). The molecule has 1 aliphatic rings. The van der Waals surface area contributed by atoms with Gasteiger partial charge in [-0.15, -0.1) is 0 Å². The number of guanidine groups is 1. The normalized spacial score (nSPS) is 19.1. The van der Waals surface area contributed by atoms with Gasteiger partial charge in [-0.2, -0.15) is 0 Å². The molecule has 0 aromatic heterocycles. The van der Waals surface area contributed by atoms with Crippen molar-refractivity contribution < 1.29 is 59.1 Å². The summed E-state index contributed by atoms with van der Waals surface area (Å²) in [6, 6.07) is -10.1. The van der Waals surface area contributed by atoms with Crippen LogP contribution in [0.1, 0.15) is 66.7 Å². The van der Waals surface area contributed by atoms with Crippen molar-refractivity contribution in [1.29, 1.82) is 0 Å². The van der Waals surface area contributed by atoms with Gasteiger partial charge in [-0.1, -0.05) is 13.8 Å². The van der Waals surface area contributed by atoms with Crippen molar-refractivity contribution in [2.75, 3.05) is 19.7 Å². The van der Waals surface area contributed by atoms with Crippen LogP contribution in [0.25, 0.3) is 0 Å². The molecule has 0 saturated carbocycles. The Balaban J connectivity index is 3.19. The number of nitrogens with two attached hydrogens (primary N) is 3. The maximum absolute atomic E-state index is 13.7. The first kappa shape index (κ1) is 47.4. The monoisotopic (exact) mass is 774 g/mol. The lowest BCUT2D eigenvalue weighted by atomic mass is 10.0. The molecule has 10 atom stereocenters. The van der Waals surface area contributed by atoms with E-state index in [2.05, 4.69) is 31.6 Å². The van der Waals surface area contributed by atoms with Crippen LogP contribution >= 0.6 is 0 Å². The molecule has 0 spiro atoms. The Morgan fingerprint density at radius 2 is 1.31 bits per heavy atom. The molecule has 54 heavy (non-hydrogen) atoms. The number of amides is 6. The van der Waals surface area contributed by atoms with Crippen molar-refractivity contribution in [1.82, 2.24) is 31.5 Å². The van der Waals surface area contributed by atoms with Crippen LogP contribution in [0.4, 0.5) is 0 Å². The molecule has 1 heterocycles. The van der Waals surface area contributed by atoms with E-state index in [0.29, 0.717) is 6.42 Å². The van der Waals surface area contributed by atoms with E-state index in [1.54, 1.807) is 13.8 Å². The smallest absolute Gasteiger partial charge is 0.328 e. The fourth-order valence-corrected chi connectivity index (χ4v) is 5.48. The molecule has 0 aromatic rings. The zero-order valence-corrected chi connectivity index (χ0v) is 31.2. The third-order valence-electron chi connectivity index (χ3n) is 8.49. The van der Waals surface area contributed by atoms with Crippen molar-refractivity contribution >= 4 is 47.4 Å². The fourth-order valence-electron chi connectivity index (χ4n) is 5.48. The van der Waals surface area contributed by atoms with Crippen LogP contribution in [0.3, 0.4) is 0 Å². The van der Waals surface area contributed by atoms with Gasteiger partial charge in [0.2, 0.25) is 35.4 Å². The van der Waals surface area contributed by atoms with Gasteiger partial charge in [0.05, 0.1) is 24.9 Å². The van der Waals surface area contributed by atoms with Gasteiger partial charge >= 0.3 is 5.97 Å². The molecule has 0 aromatic carbocycles. The van der Waals surface area contributed by atoms with Crippen LogP contribution in [0.2, 0.25) is 0 Å². The minimum atomic E-state index is -1.69. The summed E-state index contributed by atoms with van der Waals surface area (Å²) in [7, 11) is 0. The van der Waals surface area contributed by atoms with Crippen molar-refractivity contribution in [3.8, 4) is 0 Å². The Bertz CT molecular complexity index is 1340. The first-order chi connectivity index (χ1) is 25.1. The molecule has 308 valence electrons. The lowest BCUT2D eigenvalue weighted by molar-refractivity contribution is -0.146. The van der Waals surface area contributed by atoms with Gasteiger partial charge in [-0.25, -0.2) is 4.79 Å². The summed E-state index contributed by atoms with van der Waals surface area (Å²) in [6.45, 7) is 6.30. The van der Waals surface area contributed by atoms with Gasteiger partial charge in [-0.3, -0.25) is 33.8 Å². The third-order valence-corrected chi connectivity index (χ3v) is 8.49. The third kappa shape index (κ3) is 15.0. The van der Waals surface area contributed by atoms with Gasteiger partial charge in [0, 0.05) is 13.1 Å². The molecule has 0 unspecified atom stereocenters. The second-order valence-corrected chi connectivity index (χ2v) is 13.7. The Hall–Kier alpha value is -4.64. The molecular weight excluding hydrogens is 716 g/mol. The zero-order chi connectivity index (χ0) is 41.4. The number of aliphatic imine (C=N–C) groups is 1. The van der Waals surface area contributed by atoms with Crippen LogP contribution in [0, 0.1) is 5.92 Å². The summed E-state index contributed by atoms with van der Waals surface area (Å²) in [5.74, 6) is -7.31. The zero-order valence-electron chi connectivity index (χ0n) is 31.2. The molecule has 1 saturated heterocycles. The first-order valence-electron chi connectivity index (χ1n) is 17.6. The summed E-state index contributed by atoms with van der Waals surface area (Å²) >= 11 is 0. The predicted octanol–water partition coefficient (Wildman–Crippen LogP) is -5.95. The lowest BCUT2D eigenvalue weighted by Crippen LogP contribution is -2.62. The molecule has 0 aliphatic carbocycles. The number of aliphatic hydroxyl groups is 4. The summed E-state index contributed by atoms with van der Waals surface area (Å²) in [5.41, 5.74) is 16.3. The molecule has 1 aliphatic heterocycles. The van der Waals surface area contributed by atoms with Crippen molar-refractivity contribution in [3.63, 3.8) is 0 Å². The average Bonchev–Trinajstić information content (AvgIpc) is 3.58. The molecular formula is C32H58N10O12. The number of carboxylic acid groups (broad SMARTS) is 1. The molecule has 16 N–H and O–H groups in total. The van der Waals surface area contributed by atoms with Gasteiger partial charge in [0.25, 0.3) is 0 Å². The highest BCUT2D eigenvalue weighted by Crippen LogP contribution is 2.20. The predicted molar refractivity (Wildman–Crippen MR) is 191 cm³/mol. The number of carbonyl (C=O) groups is 7. The number of hydrogen-bond acceptors (Lipinski definition) is 13. The Morgan fingerprint density at radius 1 is 0.759 bits per heavy atom. The first-order valence-corrected chi connectivity index (χ1v) is 17.6. The number of aliphatic carboxylic acids is 1. The highest BCUT2D eigenvalue weighted by atomic mass is 16.4. The van der Waals surface area contributed by atoms with Crippen LogP contribution in [0.5, 0.6) is 0 Å². The quantitative estimate of drug-likeness (QED) is 0.0277. The van der Waals surface area contributed by atoms with Crippen molar-refractivity contribution in [3.05, 3.63) is 0 Å². The van der Waals surface area contributed by atoms with E-state index in [4.69, 9.17) is 17.2 Å². The number of hydrogen-bond donors (Lipinski definition) is 13. The van der Waals surface area contributed by atoms with E-state index in [1.165, 1.54) is 13.8 Å². The number of carbonyl (C=O) groups excluding carboxylic acids is 6. The van der Waals surface area contributed by atoms with Crippen molar-refractivity contribution in [2.45, 2.75) is 127 Å². The van der Waals surface area contributed by atoms with Crippen LogP contribution in [-0.2, 0) is 33.6 Å². The van der Waals surface area contributed by atoms with E-state index in [1.807, 2.05) is 0 Å². The maximum atomic E-state index is 13.7. The number of aliphatic hydroxyl groups excluding tert-OH is 4. The number of nitrogens with zero attached hydrogens (tertiary/aromatic N) is 2. The second-order valence-electron chi connectivity index (χ2n) is 13.7. The van der Waals surface area contributed by atoms with Gasteiger partial charge in [0.15, 0.2) is 12.0 Å². The fraction of sp³-hybridized carbons (Fsp3) is 0.750. The lowest BCUT2D eigenvalue weighted by Gasteiger charge is -2.31. The second kappa shape index (κ2) is 22.5. The van der Waals surface area contributed by atoms with Gasteiger partial charge < -0.3 is 74.2 Å². The topological polar surface area (TPSA) is 374 Å². The highest BCUT2D eigenvalue weighted by molar-refractivity contribution is 5.97. The molecule has 22 nitrogen and oxygen atoms in total. The standard InChI is InChI=1S/C32H58N10O12/c1-14(2)12-19(38-29(51)23(16(4)45)40-28(50)22(33)15(3)44)26(48)39-20(13-43)30(52)42-11-7-9-21(42)27(49)37-18(8-6-10-36-32(34)35)25(47)41-24(17(5)46)31(53)54/h14-24,43-46H,6-13,33H2,1-5H3,(H,37,49)(H,38,51)(H,39,48)(H,40,50)(H,41,47)(H,53,54)(H4,34,35,36)/t15-,16-,17-,18+,19+,20+,21+,22+,23+,24+/m1/s1. The summed E-state index contributed by atoms with van der Waals surface area (Å²) in [4.78, 5) is 95.9. The SMILES string of the molecule is CC(C)C[C@H](NC(=O)[C@@H](NC(=O)[C@@H](N)[C@@H](C)O)[C@@H](C)O)C(=O)N[C@@H](CO)C(=O)N1CCC[C@H]1C(=O)N[C@@H](CCCN=C(N)N)C(=O)N[C@H](C(=O)O)[C@@H](C)O. The van der Waals surface area contributed by atoms with Gasteiger partial charge in [-0.05, 0) is 58.8 Å². The van der Waals surface area contributed by atoms with E-state index >= 15 is 0 Å². The number of nitrogens with one attached hydrogen (secondary N) is 5.